The maximum atomic E-state index is 11.9. The number of para-hydroxylation sites is 2. The van der Waals surface area contributed by atoms with Gasteiger partial charge in [0.2, 0.25) is 5.91 Å². The Morgan fingerprint density at radius 1 is 1.18 bits per heavy atom. The molecule has 3 aromatic rings. The summed E-state index contributed by atoms with van der Waals surface area (Å²) in [5, 5.41) is 3.35. The second kappa shape index (κ2) is 6.03. The number of hydrogen-bond donors (Lipinski definition) is 1. The summed E-state index contributed by atoms with van der Waals surface area (Å²) in [6.45, 7) is 3.89. The van der Waals surface area contributed by atoms with Gasteiger partial charge in [0.25, 0.3) is 0 Å². The highest BCUT2D eigenvalue weighted by molar-refractivity contribution is 7.15. The smallest absolute Gasteiger partial charge is 0.250 e. The number of nitrogens with one attached hydrogen (secondary N) is 1. The van der Waals surface area contributed by atoms with Crippen molar-refractivity contribution in [2.75, 3.05) is 5.32 Å². The van der Waals surface area contributed by atoms with Crippen LogP contribution in [0.1, 0.15) is 16.3 Å². The van der Waals surface area contributed by atoms with E-state index in [9.17, 15) is 4.79 Å². The van der Waals surface area contributed by atoms with Gasteiger partial charge in [-0.2, -0.15) is 0 Å². The van der Waals surface area contributed by atoms with Crippen LogP contribution >= 0.6 is 11.3 Å². The molecule has 0 saturated carbocycles. The Morgan fingerprint density at radius 3 is 2.68 bits per heavy atom. The summed E-state index contributed by atoms with van der Waals surface area (Å²) >= 11 is 1.46. The SMILES string of the molecule is Cc1nc(NC(=O)/C=C\c2cnc3ccccc3n2)sc1C. The molecule has 0 atom stereocenters. The highest BCUT2D eigenvalue weighted by Crippen LogP contribution is 2.21. The van der Waals surface area contributed by atoms with Crippen LogP contribution in [-0.4, -0.2) is 20.9 Å². The lowest BCUT2D eigenvalue weighted by Gasteiger charge is -1.98. The first kappa shape index (κ1) is 14.3. The third-order valence-electron chi connectivity index (χ3n) is 3.13. The van der Waals surface area contributed by atoms with Crippen molar-refractivity contribution >= 4 is 39.5 Å². The van der Waals surface area contributed by atoms with E-state index in [1.807, 2.05) is 38.1 Å². The molecule has 1 N–H and O–H groups in total. The zero-order valence-corrected chi connectivity index (χ0v) is 13.0. The first-order chi connectivity index (χ1) is 10.6. The number of hydrogen-bond acceptors (Lipinski definition) is 5. The van der Waals surface area contributed by atoms with Gasteiger partial charge in [0.05, 0.1) is 28.6 Å². The number of benzene rings is 1. The molecule has 1 amide bonds. The summed E-state index contributed by atoms with van der Waals surface area (Å²) in [5.74, 6) is -0.233. The van der Waals surface area contributed by atoms with Gasteiger partial charge < -0.3 is 0 Å². The van der Waals surface area contributed by atoms with Crippen molar-refractivity contribution in [1.82, 2.24) is 15.0 Å². The van der Waals surface area contributed by atoms with Crippen LogP contribution < -0.4 is 5.32 Å². The lowest BCUT2D eigenvalue weighted by Crippen LogP contribution is -2.07. The van der Waals surface area contributed by atoms with Gasteiger partial charge in [0.1, 0.15) is 0 Å². The molecule has 22 heavy (non-hydrogen) atoms. The van der Waals surface area contributed by atoms with Gasteiger partial charge in [0, 0.05) is 11.0 Å². The Bertz CT molecular complexity index is 850. The van der Waals surface area contributed by atoms with Gasteiger partial charge in [-0.3, -0.25) is 15.1 Å². The van der Waals surface area contributed by atoms with Crippen LogP contribution in [0.25, 0.3) is 17.1 Å². The molecule has 0 aliphatic heterocycles. The van der Waals surface area contributed by atoms with E-state index in [0.717, 1.165) is 21.6 Å². The van der Waals surface area contributed by atoms with E-state index in [1.54, 1.807) is 12.3 Å². The van der Waals surface area contributed by atoms with Crippen molar-refractivity contribution in [3.63, 3.8) is 0 Å². The molecule has 3 rings (SSSR count). The highest BCUT2D eigenvalue weighted by atomic mass is 32.1. The molecule has 6 heteroatoms. The van der Waals surface area contributed by atoms with Crippen LogP contribution in [0.2, 0.25) is 0 Å². The van der Waals surface area contributed by atoms with Crippen molar-refractivity contribution in [3.8, 4) is 0 Å². The second-order valence-corrected chi connectivity index (χ2v) is 5.97. The average molecular weight is 310 g/mol. The fourth-order valence-corrected chi connectivity index (χ4v) is 2.70. The predicted octanol–water partition coefficient (Wildman–Crippen LogP) is 3.36. The topological polar surface area (TPSA) is 67.8 Å². The molecule has 0 aliphatic rings. The Balaban J connectivity index is 1.73. The van der Waals surface area contributed by atoms with Crippen LogP contribution in [0, 0.1) is 13.8 Å². The van der Waals surface area contributed by atoms with Crippen LogP contribution in [-0.2, 0) is 4.79 Å². The largest absolute Gasteiger partial charge is 0.298 e. The molecule has 0 fully saturated rings. The minimum atomic E-state index is -0.233. The summed E-state index contributed by atoms with van der Waals surface area (Å²) < 4.78 is 0. The van der Waals surface area contributed by atoms with Crippen molar-refractivity contribution in [3.05, 3.63) is 52.8 Å². The van der Waals surface area contributed by atoms with Crippen LogP contribution in [0.4, 0.5) is 5.13 Å². The van der Waals surface area contributed by atoms with E-state index in [1.165, 1.54) is 17.4 Å². The highest BCUT2D eigenvalue weighted by Gasteiger charge is 2.05. The summed E-state index contributed by atoms with van der Waals surface area (Å²) in [7, 11) is 0. The van der Waals surface area contributed by atoms with E-state index < -0.39 is 0 Å². The summed E-state index contributed by atoms with van der Waals surface area (Å²) in [4.78, 5) is 26.0. The van der Waals surface area contributed by atoms with E-state index in [2.05, 4.69) is 20.3 Å². The maximum absolute atomic E-state index is 11.9. The van der Waals surface area contributed by atoms with Crippen LogP contribution in [0.3, 0.4) is 0 Å². The minimum Gasteiger partial charge on any atom is -0.298 e. The van der Waals surface area contributed by atoms with E-state index >= 15 is 0 Å². The van der Waals surface area contributed by atoms with Gasteiger partial charge in [-0.1, -0.05) is 12.1 Å². The van der Waals surface area contributed by atoms with E-state index in [4.69, 9.17) is 0 Å². The molecule has 0 aliphatic carbocycles. The molecule has 5 nitrogen and oxygen atoms in total. The van der Waals surface area contributed by atoms with Gasteiger partial charge in [-0.05, 0) is 32.1 Å². The zero-order valence-electron chi connectivity index (χ0n) is 12.2. The third kappa shape index (κ3) is 3.17. The number of amides is 1. The minimum absolute atomic E-state index is 0.233. The second-order valence-electron chi connectivity index (χ2n) is 4.77. The number of aryl methyl sites for hydroxylation is 2. The van der Waals surface area contributed by atoms with Crippen molar-refractivity contribution in [2.45, 2.75) is 13.8 Å². The number of aromatic nitrogens is 3. The average Bonchev–Trinajstić information content (AvgIpc) is 2.83. The quantitative estimate of drug-likeness (QED) is 0.753. The van der Waals surface area contributed by atoms with E-state index in [-0.39, 0.29) is 5.91 Å². The molecule has 0 radical (unpaired) electrons. The number of carbonyl (C=O) groups excluding carboxylic acids is 1. The lowest BCUT2D eigenvalue weighted by molar-refractivity contribution is -0.111. The fourth-order valence-electron chi connectivity index (χ4n) is 1.89. The fraction of sp³-hybridized carbons (Fsp3) is 0.125. The Morgan fingerprint density at radius 2 is 1.95 bits per heavy atom. The van der Waals surface area contributed by atoms with Gasteiger partial charge in [0.15, 0.2) is 5.13 Å². The first-order valence-corrected chi connectivity index (χ1v) is 7.58. The van der Waals surface area contributed by atoms with Gasteiger partial charge in [-0.25, -0.2) is 9.97 Å². The van der Waals surface area contributed by atoms with Gasteiger partial charge >= 0.3 is 0 Å². The molecule has 1 aromatic carbocycles. The summed E-state index contributed by atoms with van der Waals surface area (Å²) in [5.41, 5.74) is 3.21. The molecule has 0 saturated heterocycles. The molecule has 0 unspecified atom stereocenters. The Hall–Kier alpha value is -2.60. The standard InChI is InChI=1S/C16H14N4OS/c1-10-11(2)22-16(18-10)20-15(21)8-7-12-9-17-13-5-3-4-6-14(13)19-12/h3-9H,1-2H3,(H,18,20,21)/b8-7-. The van der Waals surface area contributed by atoms with Crippen molar-refractivity contribution in [1.29, 1.82) is 0 Å². The Labute approximate surface area is 131 Å². The zero-order chi connectivity index (χ0) is 15.5. The van der Waals surface area contributed by atoms with Crippen molar-refractivity contribution in [2.24, 2.45) is 0 Å². The number of carbonyl (C=O) groups is 1. The van der Waals surface area contributed by atoms with E-state index in [0.29, 0.717) is 10.8 Å². The number of rotatable bonds is 3. The predicted molar refractivity (Wildman–Crippen MR) is 88.8 cm³/mol. The number of fused-ring (bicyclic) bond motifs is 1. The molecular weight excluding hydrogens is 296 g/mol. The molecule has 110 valence electrons. The Kier molecular flexibility index (Phi) is 3.93. The maximum Gasteiger partial charge on any atom is 0.250 e. The summed E-state index contributed by atoms with van der Waals surface area (Å²) in [6, 6.07) is 7.61. The number of thiazole rings is 1. The van der Waals surface area contributed by atoms with Crippen molar-refractivity contribution < 1.29 is 4.79 Å². The normalized spacial score (nSPS) is 11.2. The van der Waals surface area contributed by atoms with Crippen LogP contribution in [0.15, 0.2) is 36.5 Å². The molecule has 0 spiro atoms. The van der Waals surface area contributed by atoms with Gasteiger partial charge in [-0.15, -0.1) is 11.3 Å². The first-order valence-electron chi connectivity index (χ1n) is 6.77. The lowest BCUT2D eigenvalue weighted by atomic mass is 10.3. The third-order valence-corrected chi connectivity index (χ3v) is 4.12. The molecule has 2 heterocycles. The van der Waals surface area contributed by atoms with Crippen LogP contribution in [0.5, 0.6) is 0 Å². The number of anilines is 1. The summed E-state index contributed by atoms with van der Waals surface area (Å²) in [6.07, 6.45) is 4.72. The molecular formula is C16H14N4OS. The number of nitrogens with zero attached hydrogens (tertiary/aromatic N) is 3. The monoisotopic (exact) mass is 310 g/mol. The molecule has 2 aromatic heterocycles. The molecule has 0 bridgehead atoms.